The number of halogens is 1. The van der Waals surface area contributed by atoms with Crippen LogP contribution in [0.2, 0.25) is 5.02 Å². The van der Waals surface area contributed by atoms with Crippen LogP contribution in [-0.2, 0) is 15.0 Å². The van der Waals surface area contributed by atoms with Crippen LogP contribution in [0.15, 0.2) is 24.3 Å². The van der Waals surface area contributed by atoms with E-state index in [2.05, 4.69) is 10.6 Å². The molecule has 1 saturated heterocycles. The minimum atomic E-state index is -0.439. The Morgan fingerprint density at radius 2 is 1.96 bits per heavy atom. The van der Waals surface area contributed by atoms with Crippen LogP contribution in [0.1, 0.15) is 24.8 Å². The molecule has 3 rings (SSSR count). The van der Waals surface area contributed by atoms with Crippen molar-refractivity contribution in [3.8, 4) is 0 Å². The first kappa shape index (κ1) is 15.8. The molecule has 1 saturated carbocycles. The number of benzene rings is 1. The topological polar surface area (TPSA) is 78.5 Å². The molecule has 122 valence electrons. The molecule has 7 heteroatoms. The van der Waals surface area contributed by atoms with Crippen molar-refractivity contribution in [2.24, 2.45) is 0 Å². The molecule has 1 aliphatic heterocycles. The van der Waals surface area contributed by atoms with Gasteiger partial charge in [-0.1, -0.05) is 23.7 Å². The fourth-order valence-electron chi connectivity index (χ4n) is 2.83. The van der Waals surface area contributed by atoms with Crippen LogP contribution in [0.5, 0.6) is 0 Å². The average Bonchev–Trinajstić information content (AvgIpc) is 3.28. The molecule has 1 heterocycles. The third kappa shape index (κ3) is 3.17. The van der Waals surface area contributed by atoms with E-state index in [1.165, 1.54) is 4.90 Å². The van der Waals surface area contributed by atoms with Crippen molar-refractivity contribution in [3.05, 3.63) is 34.9 Å². The van der Waals surface area contributed by atoms with Gasteiger partial charge in [0, 0.05) is 18.1 Å². The lowest BCUT2D eigenvalue weighted by Gasteiger charge is -2.17. The Hall–Kier alpha value is -2.08. The van der Waals surface area contributed by atoms with E-state index in [0.29, 0.717) is 24.5 Å². The first-order valence-corrected chi connectivity index (χ1v) is 8.03. The van der Waals surface area contributed by atoms with Crippen LogP contribution in [-0.4, -0.2) is 42.4 Å². The largest absolute Gasteiger partial charge is 0.355 e. The van der Waals surface area contributed by atoms with E-state index in [0.717, 1.165) is 18.4 Å². The Labute approximate surface area is 139 Å². The fourth-order valence-corrected chi connectivity index (χ4v) is 2.96. The van der Waals surface area contributed by atoms with Crippen molar-refractivity contribution >= 4 is 29.4 Å². The van der Waals surface area contributed by atoms with E-state index < -0.39 is 5.41 Å². The van der Waals surface area contributed by atoms with Crippen molar-refractivity contribution in [2.45, 2.75) is 24.7 Å². The van der Waals surface area contributed by atoms with E-state index >= 15 is 0 Å². The predicted octanol–water partition coefficient (Wildman–Crippen LogP) is 1.43. The second kappa shape index (κ2) is 6.20. The zero-order valence-electron chi connectivity index (χ0n) is 12.6. The number of urea groups is 1. The first-order chi connectivity index (χ1) is 11.0. The van der Waals surface area contributed by atoms with Gasteiger partial charge in [0.2, 0.25) is 11.8 Å². The molecule has 0 spiro atoms. The molecular formula is C16H18ClN3O3. The van der Waals surface area contributed by atoms with Crippen molar-refractivity contribution in [2.75, 3.05) is 19.6 Å². The van der Waals surface area contributed by atoms with Crippen molar-refractivity contribution in [3.63, 3.8) is 0 Å². The predicted molar refractivity (Wildman–Crippen MR) is 85.1 cm³/mol. The lowest BCUT2D eigenvalue weighted by Crippen LogP contribution is -2.38. The van der Waals surface area contributed by atoms with Crippen molar-refractivity contribution in [1.82, 2.24) is 15.5 Å². The van der Waals surface area contributed by atoms with Crippen LogP contribution in [0.25, 0.3) is 0 Å². The van der Waals surface area contributed by atoms with Gasteiger partial charge in [-0.2, -0.15) is 0 Å². The molecule has 2 aliphatic rings. The van der Waals surface area contributed by atoms with Crippen LogP contribution in [0, 0.1) is 0 Å². The number of rotatable bonds is 6. The number of nitrogens with one attached hydrogen (secondary N) is 2. The Morgan fingerprint density at radius 3 is 2.52 bits per heavy atom. The van der Waals surface area contributed by atoms with Gasteiger partial charge >= 0.3 is 6.03 Å². The van der Waals surface area contributed by atoms with E-state index in [1.54, 1.807) is 12.1 Å². The number of imide groups is 1. The van der Waals surface area contributed by atoms with E-state index in [9.17, 15) is 14.4 Å². The van der Waals surface area contributed by atoms with Gasteiger partial charge in [-0.15, -0.1) is 0 Å². The Kier molecular flexibility index (Phi) is 4.26. The Morgan fingerprint density at radius 1 is 1.26 bits per heavy atom. The van der Waals surface area contributed by atoms with Gasteiger partial charge in [-0.05, 0) is 37.0 Å². The minimum Gasteiger partial charge on any atom is -0.355 e. The van der Waals surface area contributed by atoms with Gasteiger partial charge in [-0.3, -0.25) is 14.5 Å². The summed E-state index contributed by atoms with van der Waals surface area (Å²) in [5, 5.41) is 6.03. The molecule has 0 bridgehead atoms. The molecule has 4 amide bonds. The van der Waals surface area contributed by atoms with E-state index in [-0.39, 0.29) is 24.4 Å². The first-order valence-electron chi connectivity index (χ1n) is 7.65. The molecule has 0 unspecified atom stereocenters. The summed E-state index contributed by atoms with van der Waals surface area (Å²) in [4.78, 5) is 36.4. The number of carbonyl (C=O) groups excluding carboxylic acids is 3. The summed E-state index contributed by atoms with van der Waals surface area (Å²) in [5.41, 5.74) is 0.541. The molecular weight excluding hydrogens is 318 g/mol. The van der Waals surface area contributed by atoms with Crippen LogP contribution in [0.4, 0.5) is 4.79 Å². The summed E-state index contributed by atoms with van der Waals surface area (Å²) in [7, 11) is 0. The van der Waals surface area contributed by atoms with Gasteiger partial charge in [0.1, 0.15) is 0 Å². The van der Waals surface area contributed by atoms with Crippen LogP contribution < -0.4 is 10.6 Å². The molecule has 1 aromatic rings. The maximum atomic E-state index is 12.4. The molecule has 0 aromatic heterocycles. The summed E-state index contributed by atoms with van der Waals surface area (Å²) in [5.74, 6) is -0.224. The average molecular weight is 336 g/mol. The van der Waals surface area contributed by atoms with Crippen molar-refractivity contribution < 1.29 is 14.4 Å². The highest BCUT2D eigenvalue weighted by molar-refractivity contribution is 6.30. The molecule has 0 atom stereocenters. The molecule has 1 aliphatic carbocycles. The van der Waals surface area contributed by atoms with Crippen molar-refractivity contribution in [1.29, 1.82) is 0 Å². The van der Waals surface area contributed by atoms with Gasteiger partial charge < -0.3 is 10.6 Å². The highest BCUT2D eigenvalue weighted by Crippen LogP contribution is 2.48. The number of hydrogen-bond acceptors (Lipinski definition) is 3. The van der Waals surface area contributed by atoms with Gasteiger partial charge in [-0.25, -0.2) is 4.79 Å². The standard InChI is InChI=1S/C16H18ClN3O3/c17-12-4-2-11(3-5-12)16(6-7-16)14(22)18-8-1-9-20-13(21)10-19-15(20)23/h2-5H,1,6-10H2,(H,18,22)(H,19,23). The zero-order chi connectivity index (χ0) is 16.4. The number of carbonyl (C=O) groups is 3. The monoisotopic (exact) mass is 335 g/mol. The smallest absolute Gasteiger partial charge is 0.324 e. The maximum absolute atomic E-state index is 12.4. The summed E-state index contributed by atoms with van der Waals surface area (Å²) in [6.07, 6.45) is 2.20. The fraction of sp³-hybridized carbons (Fsp3) is 0.438. The zero-order valence-corrected chi connectivity index (χ0v) is 13.4. The third-order valence-corrected chi connectivity index (χ3v) is 4.61. The summed E-state index contributed by atoms with van der Waals surface area (Å²) >= 11 is 5.88. The maximum Gasteiger partial charge on any atom is 0.324 e. The number of nitrogens with zero attached hydrogens (tertiary/aromatic N) is 1. The van der Waals surface area contributed by atoms with E-state index in [1.807, 2.05) is 12.1 Å². The second-order valence-electron chi connectivity index (χ2n) is 5.90. The lowest BCUT2D eigenvalue weighted by molar-refractivity contribution is -0.125. The SMILES string of the molecule is O=C1CNC(=O)N1CCCNC(=O)C1(c2ccc(Cl)cc2)CC1. The molecule has 0 radical (unpaired) electrons. The van der Waals surface area contributed by atoms with Gasteiger partial charge in [0.15, 0.2) is 0 Å². The Bertz CT molecular complexity index is 624. The summed E-state index contributed by atoms with van der Waals surface area (Å²) < 4.78 is 0. The quantitative estimate of drug-likeness (QED) is 0.610. The van der Waals surface area contributed by atoms with Crippen LogP contribution in [0.3, 0.4) is 0 Å². The molecule has 2 N–H and O–H groups in total. The van der Waals surface area contributed by atoms with Gasteiger partial charge in [0.05, 0.1) is 12.0 Å². The van der Waals surface area contributed by atoms with Gasteiger partial charge in [0.25, 0.3) is 0 Å². The summed E-state index contributed by atoms with van der Waals surface area (Å²) in [6, 6.07) is 7.01. The third-order valence-electron chi connectivity index (χ3n) is 4.36. The van der Waals surface area contributed by atoms with E-state index in [4.69, 9.17) is 11.6 Å². The van der Waals surface area contributed by atoms with Crippen LogP contribution >= 0.6 is 11.6 Å². The summed E-state index contributed by atoms with van der Waals surface area (Å²) in [6.45, 7) is 0.814. The lowest BCUT2D eigenvalue weighted by atomic mass is 9.95. The highest BCUT2D eigenvalue weighted by Gasteiger charge is 2.50. The normalized spacial score (nSPS) is 18.7. The Balaban J connectivity index is 1.49. The molecule has 6 nitrogen and oxygen atoms in total. The molecule has 23 heavy (non-hydrogen) atoms. The number of hydrogen-bond donors (Lipinski definition) is 2. The second-order valence-corrected chi connectivity index (χ2v) is 6.34. The molecule has 2 fully saturated rings. The highest BCUT2D eigenvalue weighted by atomic mass is 35.5. The number of amides is 4. The molecule has 1 aromatic carbocycles. The minimum absolute atomic E-state index is 0.00276.